The molecule has 1 aliphatic heterocycles. The average Bonchev–Trinajstić information content (AvgIpc) is 2.62. The molecule has 4 rings (SSSR count). The molecule has 0 atom stereocenters. The second-order valence-electron chi connectivity index (χ2n) is 5.72. The molecule has 3 nitrogen and oxygen atoms in total. The van der Waals surface area contributed by atoms with Crippen molar-refractivity contribution in [3.63, 3.8) is 0 Å². The SMILES string of the molecule is c1ccc(N2CCN(c3ccc4ccncc4c3)CC2)cc1. The van der Waals surface area contributed by atoms with E-state index in [1.54, 1.807) is 0 Å². The molecular formula is C19H19N3. The highest BCUT2D eigenvalue weighted by Gasteiger charge is 2.17. The molecule has 1 saturated heterocycles. The quantitative estimate of drug-likeness (QED) is 0.719. The molecule has 0 amide bonds. The first-order valence-corrected chi connectivity index (χ1v) is 7.79. The van der Waals surface area contributed by atoms with Crippen LogP contribution in [0.4, 0.5) is 11.4 Å². The molecule has 0 aliphatic carbocycles. The highest BCUT2D eigenvalue weighted by atomic mass is 15.3. The van der Waals surface area contributed by atoms with Gasteiger partial charge in [-0.3, -0.25) is 4.98 Å². The fourth-order valence-corrected chi connectivity index (χ4v) is 3.13. The maximum atomic E-state index is 4.22. The highest BCUT2D eigenvalue weighted by Crippen LogP contribution is 2.24. The zero-order valence-electron chi connectivity index (χ0n) is 12.5. The van der Waals surface area contributed by atoms with Crippen molar-refractivity contribution in [1.29, 1.82) is 0 Å². The largest absolute Gasteiger partial charge is 0.368 e. The van der Waals surface area contributed by atoms with Gasteiger partial charge in [-0.05, 0) is 35.7 Å². The zero-order chi connectivity index (χ0) is 14.8. The molecular weight excluding hydrogens is 270 g/mol. The Bertz CT molecular complexity index is 762. The Morgan fingerprint density at radius 3 is 2.18 bits per heavy atom. The lowest BCUT2D eigenvalue weighted by Gasteiger charge is -2.37. The Morgan fingerprint density at radius 2 is 1.41 bits per heavy atom. The molecule has 3 aromatic rings. The Balaban J connectivity index is 1.50. The summed E-state index contributed by atoms with van der Waals surface area (Å²) < 4.78 is 0. The van der Waals surface area contributed by atoms with Crippen LogP contribution in [0.25, 0.3) is 10.8 Å². The fraction of sp³-hybridized carbons (Fsp3) is 0.211. The molecule has 1 fully saturated rings. The molecule has 2 aromatic carbocycles. The first-order chi connectivity index (χ1) is 10.9. The van der Waals surface area contributed by atoms with Crippen LogP contribution in [0, 0.1) is 0 Å². The van der Waals surface area contributed by atoms with Crippen LogP contribution in [0.15, 0.2) is 67.0 Å². The van der Waals surface area contributed by atoms with Gasteiger partial charge in [-0.2, -0.15) is 0 Å². The number of piperazine rings is 1. The minimum Gasteiger partial charge on any atom is -0.368 e. The Morgan fingerprint density at radius 1 is 0.682 bits per heavy atom. The fourth-order valence-electron chi connectivity index (χ4n) is 3.13. The van der Waals surface area contributed by atoms with E-state index < -0.39 is 0 Å². The number of hydrogen-bond donors (Lipinski definition) is 0. The Kier molecular flexibility index (Phi) is 3.39. The van der Waals surface area contributed by atoms with E-state index in [1.165, 1.54) is 22.1 Å². The van der Waals surface area contributed by atoms with Crippen molar-refractivity contribution in [1.82, 2.24) is 4.98 Å². The van der Waals surface area contributed by atoms with Gasteiger partial charge in [0.15, 0.2) is 0 Å². The minimum absolute atomic E-state index is 1.06. The summed E-state index contributed by atoms with van der Waals surface area (Å²) in [5.74, 6) is 0. The standard InChI is InChI=1S/C19H19N3/c1-2-4-18(5-3-1)21-10-12-22(13-11-21)19-7-6-16-8-9-20-15-17(16)14-19/h1-9,14-15H,10-13H2. The highest BCUT2D eigenvalue weighted by molar-refractivity contribution is 5.85. The van der Waals surface area contributed by atoms with Crippen molar-refractivity contribution < 1.29 is 0 Å². The third kappa shape index (κ3) is 2.50. The van der Waals surface area contributed by atoms with Gasteiger partial charge in [0, 0.05) is 55.3 Å². The number of para-hydroxylation sites is 1. The molecule has 110 valence electrons. The van der Waals surface area contributed by atoms with Gasteiger partial charge < -0.3 is 9.80 Å². The molecule has 0 N–H and O–H groups in total. The number of nitrogens with zero attached hydrogens (tertiary/aromatic N) is 3. The topological polar surface area (TPSA) is 19.4 Å². The first kappa shape index (κ1) is 13.1. The van der Waals surface area contributed by atoms with Crippen LogP contribution in [0.3, 0.4) is 0 Å². The average molecular weight is 289 g/mol. The Labute approximate surface area is 130 Å². The van der Waals surface area contributed by atoms with Crippen LogP contribution in [0.5, 0.6) is 0 Å². The number of anilines is 2. The lowest BCUT2D eigenvalue weighted by Crippen LogP contribution is -2.46. The van der Waals surface area contributed by atoms with Crippen molar-refractivity contribution in [2.45, 2.75) is 0 Å². The second-order valence-corrected chi connectivity index (χ2v) is 5.72. The van der Waals surface area contributed by atoms with Crippen LogP contribution in [-0.4, -0.2) is 31.2 Å². The van der Waals surface area contributed by atoms with Gasteiger partial charge in [0.05, 0.1) is 0 Å². The van der Waals surface area contributed by atoms with Gasteiger partial charge >= 0.3 is 0 Å². The predicted octanol–water partition coefficient (Wildman–Crippen LogP) is 3.56. The van der Waals surface area contributed by atoms with Crippen LogP contribution >= 0.6 is 0 Å². The van der Waals surface area contributed by atoms with E-state index in [4.69, 9.17) is 0 Å². The second kappa shape index (κ2) is 5.68. The summed E-state index contributed by atoms with van der Waals surface area (Å²) in [5.41, 5.74) is 2.62. The normalized spacial score (nSPS) is 15.3. The van der Waals surface area contributed by atoms with Gasteiger partial charge in [0.1, 0.15) is 0 Å². The molecule has 2 heterocycles. The molecule has 0 unspecified atom stereocenters. The predicted molar refractivity (Wildman–Crippen MR) is 92.6 cm³/mol. The van der Waals surface area contributed by atoms with Gasteiger partial charge in [0.2, 0.25) is 0 Å². The van der Waals surface area contributed by atoms with Crippen molar-refractivity contribution >= 4 is 22.1 Å². The van der Waals surface area contributed by atoms with Crippen molar-refractivity contribution in [2.75, 3.05) is 36.0 Å². The summed E-state index contributed by atoms with van der Waals surface area (Å²) in [6.07, 6.45) is 3.79. The lowest BCUT2D eigenvalue weighted by atomic mass is 10.1. The number of fused-ring (bicyclic) bond motifs is 1. The summed E-state index contributed by atoms with van der Waals surface area (Å²) >= 11 is 0. The van der Waals surface area contributed by atoms with E-state index in [0.29, 0.717) is 0 Å². The van der Waals surface area contributed by atoms with Crippen LogP contribution in [-0.2, 0) is 0 Å². The van der Waals surface area contributed by atoms with Crippen molar-refractivity contribution in [3.05, 3.63) is 67.0 Å². The van der Waals surface area contributed by atoms with Gasteiger partial charge in [0.25, 0.3) is 0 Å². The number of pyridine rings is 1. The number of aromatic nitrogens is 1. The zero-order valence-corrected chi connectivity index (χ0v) is 12.5. The monoisotopic (exact) mass is 289 g/mol. The van der Waals surface area contributed by atoms with E-state index in [2.05, 4.69) is 69.4 Å². The van der Waals surface area contributed by atoms with E-state index >= 15 is 0 Å². The molecule has 0 spiro atoms. The molecule has 22 heavy (non-hydrogen) atoms. The van der Waals surface area contributed by atoms with Gasteiger partial charge in [-0.1, -0.05) is 24.3 Å². The smallest absolute Gasteiger partial charge is 0.0374 e. The molecule has 3 heteroatoms. The summed E-state index contributed by atoms with van der Waals surface area (Å²) in [6, 6.07) is 19.4. The third-order valence-corrected chi connectivity index (χ3v) is 4.39. The molecule has 1 aliphatic rings. The maximum Gasteiger partial charge on any atom is 0.0374 e. The number of hydrogen-bond acceptors (Lipinski definition) is 3. The number of benzene rings is 2. The van der Waals surface area contributed by atoms with E-state index in [9.17, 15) is 0 Å². The van der Waals surface area contributed by atoms with Crippen molar-refractivity contribution in [2.24, 2.45) is 0 Å². The Hall–Kier alpha value is -2.55. The lowest BCUT2D eigenvalue weighted by molar-refractivity contribution is 0.654. The maximum absolute atomic E-state index is 4.22. The molecule has 1 aromatic heterocycles. The molecule has 0 bridgehead atoms. The van der Waals surface area contributed by atoms with E-state index in [-0.39, 0.29) is 0 Å². The summed E-state index contributed by atoms with van der Waals surface area (Å²) in [6.45, 7) is 4.24. The third-order valence-electron chi connectivity index (χ3n) is 4.39. The van der Waals surface area contributed by atoms with Crippen LogP contribution in [0.1, 0.15) is 0 Å². The minimum atomic E-state index is 1.06. The summed E-state index contributed by atoms with van der Waals surface area (Å²) in [5, 5.41) is 2.46. The first-order valence-electron chi connectivity index (χ1n) is 7.79. The molecule has 0 saturated carbocycles. The van der Waals surface area contributed by atoms with Crippen LogP contribution in [0.2, 0.25) is 0 Å². The van der Waals surface area contributed by atoms with E-state index in [1.807, 2.05) is 12.4 Å². The van der Waals surface area contributed by atoms with E-state index in [0.717, 1.165) is 26.2 Å². The number of rotatable bonds is 2. The van der Waals surface area contributed by atoms with Gasteiger partial charge in [-0.15, -0.1) is 0 Å². The van der Waals surface area contributed by atoms with Crippen molar-refractivity contribution in [3.8, 4) is 0 Å². The summed E-state index contributed by atoms with van der Waals surface area (Å²) in [4.78, 5) is 9.15. The molecule has 0 radical (unpaired) electrons. The summed E-state index contributed by atoms with van der Waals surface area (Å²) in [7, 11) is 0. The van der Waals surface area contributed by atoms with Crippen LogP contribution < -0.4 is 9.80 Å². The van der Waals surface area contributed by atoms with Gasteiger partial charge in [-0.25, -0.2) is 0 Å².